The van der Waals surface area contributed by atoms with Crippen molar-refractivity contribution in [2.24, 2.45) is 0 Å². The second-order valence-electron chi connectivity index (χ2n) is 5.37. The van der Waals surface area contributed by atoms with Gasteiger partial charge in [-0.25, -0.2) is 0 Å². The maximum Gasteiger partial charge on any atom is 0.262 e. The van der Waals surface area contributed by atoms with Gasteiger partial charge in [0.15, 0.2) is 18.1 Å². The van der Waals surface area contributed by atoms with Gasteiger partial charge in [-0.05, 0) is 24.3 Å². The first-order valence-electron chi connectivity index (χ1n) is 7.81. The van der Waals surface area contributed by atoms with E-state index < -0.39 is 0 Å². The molecule has 2 amide bonds. The van der Waals surface area contributed by atoms with Crippen molar-refractivity contribution in [2.45, 2.75) is 6.92 Å². The second-order valence-corrected chi connectivity index (χ2v) is 5.37. The third-order valence-corrected chi connectivity index (χ3v) is 3.38. The highest BCUT2D eigenvalue weighted by atomic mass is 16.6. The molecule has 130 valence electrons. The minimum atomic E-state index is -0.325. The van der Waals surface area contributed by atoms with E-state index in [2.05, 4.69) is 10.6 Å². The number of hydrogen-bond donors (Lipinski definition) is 2. The van der Waals surface area contributed by atoms with Crippen LogP contribution in [0.5, 0.6) is 17.2 Å². The molecule has 3 rings (SSSR count). The molecule has 2 aromatic carbocycles. The van der Waals surface area contributed by atoms with Crippen molar-refractivity contribution in [3.05, 3.63) is 42.5 Å². The fraction of sp³-hybridized carbons (Fsp3) is 0.222. The molecular weight excluding hydrogens is 324 g/mol. The number of amides is 2. The highest BCUT2D eigenvalue weighted by molar-refractivity contribution is 5.93. The third kappa shape index (κ3) is 4.41. The van der Waals surface area contributed by atoms with Gasteiger partial charge in [0.1, 0.15) is 19.0 Å². The van der Waals surface area contributed by atoms with Gasteiger partial charge in [-0.3, -0.25) is 9.59 Å². The zero-order valence-electron chi connectivity index (χ0n) is 13.7. The second kappa shape index (κ2) is 7.57. The highest BCUT2D eigenvalue weighted by Crippen LogP contribution is 2.32. The third-order valence-electron chi connectivity index (χ3n) is 3.38. The summed E-state index contributed by atoms with van der Waals surface area (Å²) in [6.45, 7) is 2.21. The molecule has 0 unspecified atom stereocenters. The zero-order valence-corrected chi connectivity index (χ0v) is 13.7. The van der Waals surface area contributed by atoms with E-state index in [0.29, 0.717) is 41.8 Å². The Morgan fingerprint density at radius 2 is 1.80 bits per heavy atom. The Morgan fingerprint density at radius 1 is 1.04 bits per heavy atom. The summed E-state index contributed by atoms with van der Waals surface area (Å²) in [7, 11) is 0. The van der Waals surface area contributed by atoms with Gasteiger partial charge in [0.05, 0.1) is 5.69 Å². The Hall–Kier alpha value is -3.22. The van der Waals surface area contributed by atoms with E-state index >= 15 is 0 Å². The Labute approximate surface area is 144 Å². The van der Waals surface area contributed by atoms with Crippen LogP contribution in [0.2, 0.25) is 0 Å². The molecule has 0 aromatic heterocycles. The minimum absolute atomic E-state index is 0.189. The van der Waals surface area contributed by atoms with Crippen LogP contribution in [0.25, 0.3) is 0 Å². The lowest BCUT2D eigenvalue weighted by Gasteiger charge is -2.19. The Morgan fingerprint density at radius 3 is 2.60 bits per heavy atom. The van der Waals surface area contributed by atoms with Gasteiger partial charge in [-0.15, -0.1) is 0 Å². The molecule has 0 radical (unpaired) electrons. The van der Waals surface area contributed by atoms with E-state index in [4.69, 9.17) is 14.2 Å². The number of hydrogen-bond acceptors (Lipinski definition) is 5. The number of carbonyl (C=O) groups excluding carboxylic acids is 2. The minimum Gasteiger partial charge on any atom is -0.486 e. The molecule has 7 heteroatoms. The van der Waals surface area contributed by atoms with Crippen molar-refractivity contribution in [1.29, 1.82) is 0 Å². The molecule has 0 aliphatic carbocycles. The van der Waals surface area contributed by atoms with Crippen molar-refractivity contribution in [3.63, 3.8) is 0 Å². The van der Waals surface area contributed by atoms with E-state index in [1.165, 1.54) is 6.92 Å². The molecule has 2 aromatic rings. The van der Waals surface area contributed by atoms with Gasteiger partial charge in [0.2, 0.25) is 5.91 Å². The predicted octanol–water partition coefficient (Wildman–Crippen LogP) is 2.43. The van der Waals surface area contributed by atoms with Crippen LogP contribution in [0.1, 0.15) is 6.92 Å². The van der Waals surface area contributed by atoms with Crippen LogP contribution in [0.15, 0.2) is 42.5 Å². The smallest absolute Gasteiger partial charge is 0.262 e. The summed E-state index contributed by atoms with van der Waals surface area (Å²) < 4.78 is 16.4. The van der Waals surface area contributed by atoms with Crippen LogP contribution >= 0.6 is 0 Å². The molecule has 0 saturated heterocycles. The standard InChI is InChI=1S/C18H18N2O5/c1-12(21)19-14-4-2-3-5-15(14)25-11-18(22)20-13-6-7-16-17(10-13)24-9-8-23-16/h2-7,10H,8-9,11H2,1H3,(H,19,21)(H,20,22). The van der Waals surface area contributed by atoms with Crippen LogP contribution in [-0.4, -0.2) is 31.6 Å². The van der Waals surface area contributed by atoms with Crippen molar-refractivity contribution in [1.82, 2.24) is 0 Å². The molecule has 1 aliphatic heterocycles. The lowest BCUT2D eigenvalue weighted by Crippen LogP contribution is -2.21. The number of carbonyl (C=O) groups is 2. The first-order chi connectivity index (χ1) is 12.1. The molecule has 0 fully saturated rings. The molecule has 0 atom stereocenters. The number of para-hydroxylation sites is 2. The molecule has 2 N–H and O–H groups in total. The van der Waals surface area contributed by atoms with Crippen LogP contribution in [0.4, 0.5) is 11.4 Å². The molecule has 1 aliphatic rings. The lowest BCUT2D eigenvalue weighted by molar-refractivity contribution is -0.118. The summed E-state index contributed by atoms with van der Waals surface area (Å²) in [5, 5.41) is 5.39. The zero-order chi connectivity index (χ0) is 17.6. The molecule has 0 bridgehead atoms. The van der Waals surface area contributed by atoms with E-state index in [1.54, 1.807) is 42.5 Å². The van der Waals surface area contributed by atoms with E-state index in [0.717, 1.165) is 0 Å². The van der Waals surface area contributed by atoms with Crippen LogP contribution < -0.4 is 24.8 Å². The van der Waals surface area contributed by atoms with Crippen LogP contribution in [0, 0.1) is 0 Å². The van der Waals surface area contributed by atoms with Crippen molar-refractivity contribution in [3.8, 4) is 17.2 Å². The fourth-order valence-corrected chi connectivity index (χ4v) is 2.35. The Kier molecular flexibility index (Phi) is 5.03. The van der Waals surface area contributed by atoms with Gasteiger partial charge >= 0.3 is 0 Å². The maximum atomic E-state index is 12.1. The Bertz CT molecular complexity index is 791. The van der Waals surface area contributed by atoms with E-state index in [-0.39, 0.29) is 18.4 Å². The summed E-state index contributed by atoms with van der Waals surface area (Å²) in [4.78, 5) is 23.3. The fourth-order valence-electron chi connectivity index (χ4n) is 2.35. The molecule has 25 heavy (non-hydrogen) atoms. The summed E-state index contributed by atoms with van der Waals surface area (Å²) in [6, 6.07) is 12.1. The Balaban J connectivity index is 1.59. The van der Waals surface area contributed by atoms with Crippen molar-refractivity contribution >= 4 is 23.2 Å². The largest absolute Gasteiger partial charge is 0.486 e. The van der Waals surface area contributed by atoms with Crippen LogP contribution in [0.3, 0.4) is 0 Å². The first kappa shape index (κ1) is 16.6. The quantitative estimate of drug-likeness (QED) is 0.872. The molecule has 0 spiro atoms. The predicted molar refractivity (Wildman–Crippen MR) is 92.3 cm³/mol. The number of fused-ring (bicyclic) bond motifs is 1. The van der Waals surface area contributed by atoms with Gasteiger partial charge in [0.25, 0.3) is 5.91 Å². The highest BCUT2D eigenvalue weighted by Gasteiger charge is 2.13. The van der Waals surface area contributed by atoms with Gasteiger partial charge < -0.3 is 24.8 Å². The normalized spacial score (nSPS) is 12.2. The summed E-state index contributed by atoms with van der Waals surface area (Å²) >= 11 is 0. The molecule has 1 heterocycles. The summed E-state index contributed by atoms with van der Waals surface area (Å²) in [5.41, 5.74) is 1.11. The van der Waals surface area contributed by atoms with Crippen molar-refractivity contribution < 1.29 is 23.8 Å². The monoisotopic (exact) mass is 342 g/mol. The number of rotatable bonds is 5. The lowest BCUT2D eigenvalue weighted by atomic mass is 10.2. The van der Waals surface area contributed by atoms with Crippen molar-refractivity contribution in [2.75, 3.05) is 30.5 Å². The van der Waals surface area contributed by atoms with E-state index in [9.17, 15) is 9.59 Å². The average Bonchev–Trinajstić information content (AvgIpc) is 2.60. The molecule has 7 nitrogen and oxygen atoms in total. The number of anilines is 2. The summed E-state index contributed by atoms with van der Waals surface area (Å²) in [6.07, 6.45) is 0. The summed E-state index contributed by atoms with van der Waals surface area (Å²) in [5.74, 6) is 1.15. The van der Waals surface area contributed by atoms with Crippen LogP contribution in [-0.2, 0) is 9.59 Å². The van der Waals surface area contributed by atoms with Gasteiger partial charge in [-0.2, -0.15) is 0 Å². The average molecular weight is 342 g/mol. The first-order valence-corrected chi connectivity index (χ1v) is 7.81. The number of benzene rings is 2. The molecular formula is C18H18N2O5. The van der Waals surface area contributed by atoms with Gasteiger partial charge in [-0.1, -0.05) is 12.1 Å². The maximum absolute atomic E-state index is 12.1. The van der Waals surface area contributed by atoms with Gasteiger partial charge in [0, 0.05) is 18.7 Å². The topological polar surface area (TPSA) is 85.9 Å². The van der Waals surface area contributed by atoms with E-state index in [1.807, 2.05) is 0 Å². The molecule has 0 saturated carbocycles. The number of ether oxygens (including phenoxy) is 3. The SMILES string of the molecule is CC(=O)Nc1ccccc1OCC(=O)Nc1ccc2c(c1)OCCO2. The number of nitrogens with one attached hydrogen (secondary N) is 2.